The molecule has 0 saturated carbocycles. The van der Waals surface area contributed by atoms with Crippen molar-refractivity contribution >= 4 is 39.0 Å². The predicted octanol–water partition coefficient (Wildman–Crippen LogP) is 2.66. The Hall–Kier alpha value is -2.12. The third-order valence-electron chi connectivity index (χ3n) is 3.14. The average molecular weight is 383 g/mol. The van der Waals surface area contributed by atoms with E-state index in [9.17, 15) is 9.59 Å². The number of aliphatic carboxylic acids is 1. The van der Waals surface area contributed by atoms with E-state index in [0.717, 1.165) is 10.1 Å². The van der Waals surface area contributed by atoms with Crippen molar-refractivity contribution in [3.63, 3.8) is 0 Å². The quantitative estimate of drug-likeness (QED) is 0.755. The Morgan fingerprint density at radius 2 is 2.14 bits per heavy atom. The Balaban J connectivity index is 2.31. The van der Waals surface area contributed by atoms with Crippen molar-refractivity contribution in [1.29, 1.82) is 0 Å². The molecule has 3 rings (SSSR count). The first kappa shape index (κ1) is 14.8. The molecule has 6 nitrogen and oxygen atoms in total. The van der Waals surface area contributed by atoms with Gasteiger partial charge in [0.1, 0.15) is 23.0 Å². The first-order valence-corrected chi connectivity index (χ1v) is 7.39. The molecule has 0 radical (unpaired) electrons. The summed E-state index contributed by atoms with van der Waals surface area (Å²) in [5, 5.41) is 13.5. The summed E-state index contributed by atoms with van der Waals surface area (Å²) in [7, 11) is 0. The smallest absolute Gasteiger partial charge is 0.323 e. The Morgan fingerprint density at radius 1 is 1.36 bits per heavy atom. The lowest BCUT2D eigenvalue weighted by Crippen LogP contribution is -2.26. The zero-order valence-corrected chi connectivity index (χ0v) is 13.4. The van der Waals surface area contributed by atoms with Crippen LogP contribution in [0.2, 0.25) is 5.02 Å². The maximum absolute atomic E-state index is 12.5. The van der Waals surface area contributed by atoms with Crippen molar-refractivity contribution in [2.75, 3.05) is 0 Å². The normalized spacial score (nSPS) is 11.0. The van der Waals surface area contributed by atoms with Gasteiger partial charge < -0.3 is 5.11 Å². The van der Waals surface area contributed by atoms with Crippen LogP contribution in [0.15, 0.2) is 46.1 Å². The van der Waals surface area contributed by atoms with Crippen LogP contribution < -0.4 is 5.56 Å². The van der Waals surface area contributed by atoms with Crippen molar-refractivity contribution in [3.8, 4) is 11.1 Å². The van der Waals surface area contributed by atoms with Gasteiger partial charge in [0.2, 0.25) is 0 Å². The van der Waals surface area contributed by atoms with E-state index >= 15 is 0 Å². The first-order chi connectivity index (χ1) is 10.5. The SMILES string of the molecule is O=C(O)Cn1cnn2c(Br)cc(-c3cccc(Cl)c3)c2c1=O. The highest BCUT2D eigenvalue weighted by Gasteiger charge is 2.16. The monoisotopic (exact) mass is 381 g/mol. The van der Waals surface area contributed by atoms with Gasteiger partial charge in [-0.3, -0.25) is 14.2 Å². The highest BCUT2D eigenvalue weighted by molar-refractivity contribution is 9.10. The van der Waals surface area contributed by atoms with Crippen LogP contribution in [0.5, 0.6) is 0 Å². The summed E-state index contributed by atoms with van der Waals surface area (Å²) in [5.41, 5.74) is 1.24. The van der Waals surface area contributed by atoms with E-state index in [1.807, 2.05) is 6.07 Å². The molecular weight excluding hydrogens is 374 g/mol. The number of carbonyl (C=O) groups is 1. The lowest BCUT2D eigenvalue weighted by molar-refractivity contribution is -0.137. The minimum Gasteiger partial charge on any atom is -0.480 e. The second-order valence-electron chi connectivity index (χ2n) is 4.61. The van der Waals surface area contributed by atoms with E-state index in [0.29, 0.717) is 15.2 Å². The number of fused-ring (bicyclic) bond motifs is 1. The fourth-order valence-corrected chi connectivity index (χ4v) is 2.91. The van der Waals surface area contributed by atoms with Gasteiger partial charge in [0, 0.05) is 10.6 Å². The first-order valence-electron chi connectivity index (χ1n) is 6.22. The molecular formula is C14H9BrClN3O3. The van der Waals surface area contributed by atoms with Crippen LogP contribution in [-0.4, -0.2) is 25.3 Å². The minimum absolute atomic E-state index is 0.290. The number of hydrogen-bond acceptors (Lipinski definition) is 3. The second kappa shape index (κ2) is 5.58. The van der Waals surface area contributed by atoms with Gasteiger partial charge in [-0.2, -0.15) is 5.10 Å². The fraction of sp³-hybridized carbons (Fsp3) is 0.0714. The summed E-state index contributed by atoms with van der Waals surface area (Å²) < 4.78 is 3.08. The molecule has 0 bridgehead atoms. The van der Waals surface area contributed by atoms with Crippen molar-refractivity contribution < 1.29 is 9.90 Å². The van der Waals surface area contributed by atoms with Gasteiger partial charge in [0.15, 0.2) is 0 Å². The van der Waals surface area contributed by atoms with Gasteiger partial charge in [-0.15, -0.1) is 0 Å². The molecule has 0 spiro atoms. The Labute approximate surface area is 137 Å². The van der Waals surface area contributed by atoms with Crippen molar-refractivity contribution in [2.24, 2.45) is 0 Å². The molecule has 0 fully saturated rings. The zero-order chi connectivity index (χ0) is 15.9. The van der Waals surface area contributed by atoms with Gasteiger partial charge in [0.05, 0.1) is 0 Å². The van der Waals surface area contributed by atoms with Crippen LogP contribution in [0.25, 0.3) is 16.6 Å². The molecule has 0 aliphatic carbocycles. The van der Waals surface area contributed by atoms with Crippen molar-refractivity contribution in [1.82, 2.24) is 14.2 Å². The van der Waals surface area contributed by atoms with Crippen LogP contribution >= 0.6 is 27.5 Å². The summed E-state index contributed by atoms with van der Waals surface area (Å²) in [6.45, 7) is -0.444. The summed E-state index contributed by atoms with van der Waals surface area (Å²) in [5.74, 6) is -1.11. The highest BCUT2D eigenvalue weighted by Crippen LogP contribution is 2.29. The largest absolute Gasteiger partial charge is 0.480 e. The molecule has 2 aromatic heterocycles. The maximum Gasteiger partial charge on any atom is 0.323 e. The minimum atomic E-state index is -1.11. The van der Waals surface area contributed by atoms with Crippen molar-refractivity contribution in [2.45, 2.75) is 6.54 Å². The maximum atomic E-state index is 12.5. The van der Waals surface area contributed by atoms with Crippen LogP contribution in [0.1, 0.15) is 0 Å². The van der Waals surface area contributed by atoms with E-state index in [-0.39, 0.29) is 5.52 Å². The molecule has 0 saturated heterocycles. The van der Waals surface area contributed by atoms with Gasteiger partial charge in [-0.25, -0.2) is 4.52 Å². The molecule has 0 amide bonds. The topological polar surface area (TPSA) is 76.6 Å². The van der Waals surface area contributed by atoms with E-state index in [2.05, 4.69) is 21.0 Å². The van der Waals surface area contributed by atoms with Gasteiger partial charge in [0.25, 0.3) is 5.56 Å². The molecule has 0 atom stereocenters. The number of carboxylic acid groups (broad SMARTS) is 1. The summed E-state index contributed by atoms with van der Waals surface area (Å²) in [6, 6.07) is 8.82. The van der Waals surface area contributed by atoms with Crippen LogP contribution in [0, 0.1) is 0 Å². The summed E-state index contributed by atoms with van der Waals surface area (Å²) in [4.78, 5) is 23.4. The molecule has 1 aromatic carbocycles. The lowest BCUT2D eigenvalue weighted by atomic mass is 10.1. The standard InChI is InChI=1S/C14H9BrClN3O3/c15-11-5-10(8-2-1-3-9(16)4-8)13-14(22)18(6-12(20)21)7-17-19(11)13/h1-5,7H,6H2,(H,20,21). The van der Waals surface area contributed by atoms with Gasteiger partial charge >= 0.3 is 5.97 Å². The average Bonchev–Trinajstić information content (AvgIpc) is 2.79. The third kappa shape index (κ3) is 2.53. The van der Waals surface area contributed by atoms with Gasteiger partial charge in [-0.05, 0) is 39.7 Å². The summed E-state index contributed by atoms with van der Waals surface area (Å²) in [6.07, 6.45) is 1.20. The van der Waals surface area contributed by atoms with E-state index < -0.39 is 18.1 Å². The molecule has 3 aromatic rings. The van der Waals surface area contributed by atoms with E-state index in [1.165, 1.54) is 10.8 Å². The molecule has 2 heterocycles. The summed E-state index contributed by atoms with van der Waals surface area (Å²) >= 11 is 9.34. The zero-order valence-electron chi connectivity index (χ0n) is 11.0. The third-order valence-corrected chi connectivity index (χ3v) is 3.94. The second-order valence-corrected chi connectivity index (χ2v) is 5.86. The molecule has 112 valence electrons. The highest BCUT2D eigenvalue weighted by atomic mass is 79.9. The molecule has 22 heavy (non-hydrogen) atoms. The fourth-order valence-electron chi connectivity index (χ4n) is 2.23. The molecule has 8 heteroatoms. The van der Waals surface area contributed by atoms with Crippen LogP contribution in [0.4, 0.5) is 0 Å². The van der Waals surface area contributed by atoms with Crippen LogP contribution in [0.3, 0.4) is 0 Å². The van der Waals surface area contributed by atoms with E-state index in [4.69, 9.17) is 16.7 Å². The molecule has 0 aliphatic heterocycles. The number of hydrogen-bond donors (Lipinski definition) is 1. The Bertz CT molecular complexity index is 948. The molecule has 0 unspecified atom stereocenters. The number of carboxylic acids is 1. The molecule has 0 aliphatic rings. The predicted molar refractivity (Wildman–Crippen MR) is 85.2 cm³/mol. The number of benzene rings is 1. The number of nitrogens with zero attached hydrogens (tertiary/aromatic N) is 3. The van der Waals surface area contributed by atoms with Crippen LogP contribution in [-0.2, 0) is 11.3 Å². The Morgan fingerprint density at radius 3 is 2.82 bits per heavy atom. The number of aromatic nitrogens is 3. The lowest BCUT2D eigenvalue weighted by Gasteiger charge is -2.04. The Kier molecular flexibility index (Phi) is 3.76. The number of rotatable bonds is 3. The van der Waals surface area contributed by atoms with Crippen molar-refractivity contribution in [3.05, 3.63) is 56.6 Å². The van der Waals surface area contributed by atoms with E-state index in [1.54, 1.807) is 24.3 Å². The number of halogens is 2. The molecule has 1 N–H and O–H groups in total. The van der Waals surface area contributed by atoms with Gasteiger partial charge in [-0.1, -0.05) is 23.7 Å².